The standard InChI is InChI=1S/C11H15BrS/c1-11(2,7-12)10-6-8-4-3-5-9(8)13-10/h6H,3-5,7H2,1-2H3. The molecule has 1 aromatic rings. The highest BCUT2D eigenvalue weighted by Gasteiger charge is 2.24. The Kier molecular flexibility index (Phi) is 2.54. The molecule has 1 aliphatic carbocycles. The number of halogens is 1. The Labute approximate surface area is 92.5 Å². The minimum absolute atomic E-state index is 0.314. The molecule has 1 aliphatic rings. The highest BCUT2D eigenvalue weighted by molar-refractivity contribution is 9.09. The third-order valence-electron chi connectivity index (χ3n) is 2.75. The molecule has 13 heavy (non-hydrogen) atoms. The molecule has 1 heterocycles. The maximum atomic E-state index is 3.59. The van der Waals surface area contributed by atoms with Crippen LogP contribution in [0, 0.1) is 0 Å². The summed E-state index contributed by atoms with van der Waals surface area (Å²) in [6, 6.07) is 2.42. The normalized spacial score (nSPS) is 16.2. The molecule has 0 amide bonds. The van der Waals surface area contributed by atoms with Crippen LogP contribution in [0.15, 0.2) is 6.07 Å². The van der Waals surface area contributed by atoms with Crippen LogP contribution >= 0.6 is 27.3 Å². The molecule has 1 aromatic heterocycles. The molecule has 0 bridgehead atoms. The van der Waals surface area contributed by atoms with E-state index in [0.717, 1.165) is 5.33 Å². The van der Waals surface area contributed by atoms with E-state index >= 15 is 0 Å². The molecule has 0 nitrogen and oxygen atoms in total. The van der Waals surface area contributed by atoms with Crippen LogP contribution in [0.4, 0.5) is 0 Å². The van der Waals surface area contributed by atoms with Crippen LogP contribution in [0.5, 0.6) is 0 Å². The van der Waals surface area contributed by atoms with Crippen molar-refractivity contribution in [1.29, 1.82) is 0 Å². The molecule has 0 atom stereocenters. The van der Waals surface area contributed by atoms with Gasteiger partial charge < -0.3 is 0 Å². The van der Waals surface area contributed by atoms with Crippen molar-refractivity contribution in [2.45, 2.75) is 38.5 Å². The van der Waals surface area contributed by atoms with E-state index in [2.05, 4.69) is 35.8 Å². The first kappa shape index (κ1) is 9.72. The van der Waals surface area contributed by atoms with Gasteiger partial charge in [-0.2, -0.15) is 0 Å². The van der Waals surface area contributed by atoms with E-state index in [1.54, 1.807) is 15.3 Å². The number of alkyl halides is 1. The summed E-state index contributed by atoms with van der Waals surface area (Å²) < 4.78 is 0. The number of fused-ring (bicyclic) bond motifs is 1. The molecule has 0 saturated carbocycles. The monoisotopic (exact) mass is 258 g/mol. The summed E-state index contributed by atoms with van der Waals surface area (Å²) in [5.41, 5.74) is 1.93. The zero-order valence-corrected chi connectivity index (χ0v) is 10.6. The van der Waals surface area contributed by atoms with Crippen molar-refractivity contribution < 1.29 is 0 Å². The smallest absolute Gasteiger partial charge is 0.0131 e. The maximum Gasteiger partial charge on any atom is 0.0131 e. The molecule has 0 aliphatic heterocycles. The fourth-order valence-electron chi connectivity index (χ4n) is 1.73. The summed E-state index contributed by atoms with van der Waals surface area (Å²) in [5, 5.41) is 1.05. The highest BCUT2D eigenvalue weighted by Crippen LogP contribution is 2.37. The lowest BCUT2D eigenvalue weighted by molar-refractivity contribution is 0.620. The molecule has 0 spiro atoms. The molecule has 72 valence electrons. The SMILES string of the molecule is CC(C)(CBr)c1cc2c(s1)CCC2. The molecule has 0 radical (unpaired) electrons. The van der Waals surface area contributed by atoms with Crippen LogP contribution in [0.3, 0.4) is 0 Å². The molecule has 0 saturated heterocycles. The number of hydrogen-bond acceptors (Lipinski definition) is 1. The van der Waals surface area contributed by atoms with Gasteiger partial charge in [0.2, 0.25) is 0 Å². The Hall–Kier alpha value is 0.180. The molecule has 0 N–H and O–H groups in total. The first-order chi connectivity index (χ1) is 6.13. The van der Waals surface area contributed by atoms with Gasteiger partial charge in [0.05, 0.1) is 0 Å². The van der Waals surface area contributed by atoms with Crippen LogP contribution in [-0.2, 0) is 18.3 Å². The van der Waals surface area contributed by atoms with Crippen LogP contribution in [0.2, 0.25) is 0 Å². The van der Waals surface area contributed by atoms with E-state index < -0.39 is 0 Å². The van der Waals surface area contributed by atoms with E-state index in [0.29, 0.717) is 5.41 Å². The van der Waals surface area contributed by atoms with Gasteiger partial charge in [-0.05, 0) is 30.9 Å². The van der Waals surface area contributed by atoms with Crippen molar-refractivity contribution >= 4 is 27.3 Å². The van der Waals surface area contributed by atoms with Gasteiger partial charge in [-0.3, -0.25) is 0 Å². The first-order valence-electron chi connectivity index (χ1n) is 4.81. The summed E-state index contributed by atoms with van der Waals surface area (Å²) in [7, 11) is 0. The van der Waals surface area contributed by atoms with Gasteiger partial charge >= 0.3 is 0 Å². The van der Waals surface area contributed by atoms with Gasteiger partial charge in [-0.25, -0.2) is 0 Å². The molecule has 0 unspecified atom stereocenters. The highest BCUT2D eigenvalue weighted by atomic mass is 79.9. The van der Waals surface area contributed by atoms with E-state index in [-0.39, 0.29) is 0 Å². The van der Waals surface area contributed by atoms with Crippen LogP contribution in [-0.4, -0.2) is 5.33 Å². The average Bonchev–Trinajstić information content (AvgIpc) is 2.61. The number of aryl methyl sites for hydroxylation is 2. The third kappa shape index (κ3) is 1.71. The average molecular weight is 259 g/mol. The second kappa shape index (κ2) is 3.39. The fourth-order valence-corrected chi connectivity index (χ4v) is 3.57. The molecule has 2 rings (SSSR count). The Bertz CT molecular complexity index is 290. The lowest BCUT2D eigenvalue weighted by Crippen LogP contribution is -2.16. The molecule has 2 heteroatoms. The number of rotatable bonds is 2. The van der Waals surface area contributed by atoms with Crippen LogP contribution in [0.1, 0.15) is 35.6 Å². The summed E-state index contributed by atoms with van der Waals surface area (Å²) in [6.07, 6.45) is 4.00. The lowest BCUT2D eigenvalue weighted by atomic mass is 9.94. The fraction of sp³-hybridized carbons (Fsp3) is 0.636. The lowest BCUT2D eigenvalue weighted by Gasteiger charge is -2.19. The van der Waals surface area contributed by atoms with Gasteiger partial charge in [0, 0.05) is 20.5 Å². The van der Waals surface area contributed by atoms with Gasteiger partial charge in [-0.15, -0.1) is 11.3 Å². The van der Waals surface area contributed by atoms with Crippen LogP contribution in [0.25, 0.3) is 0 Å². The quantitative estimate of drug-likeness (QED) is 0.706. The first-order valence-corrected chi connectivity index (χ1v) is 6.75. The zero-order valence-electron chi connectivity index (χ0n) is 8.19. The molecule has 0 fully saturated rings. The second-order valence-corrected chi connectivity index (χ2v) is 6.13. The predicted molar refractivity (Wildman–Crippen MR) is 63.2 cm³/mol. The van der Waals surface area contributed by atoms with Crippen molar-refractivity contribution in [1.82, 2.24) is 0 Å². The third-order valence-corrected chi connectivity index (χ3v) is 5.75. The van der Waals surface area contributed by atoms with Crippen molar-refractivity contribution in [2.24, 2.45) is 0 Å². The van der Waals surface area contributed by atoms with E-state index in [1.807, 2.05) is 11.3 Å². The number of thiophene rings is 1. The summed E-state index contributed by atoms with van der Waals surface area (Å²) in [5.74, 6) is 0. The minimum Gasteiger partial charge on any atom is -0.145 e. The Morgan fingerprint density at radius 2 is 2.23 bits per heavy atom. The van der Waals surface area contributed by atoms with E-state index in [9.17, 15) is 0 Å². The van der Waals surface area contributed by atoms with Crippen molar-refractivity contribution in [3.63, 3.8) is 0 Å². The van der Waals surface area contributed by atoms with E-state index in [1.165, 1.54) is 19.3 Å². The largest absolute Gasteiger partial charge is 0.145 e. The summed E-state index contributed by atoms with van der Waals surface area (Å²) in [4.78, 5) is 3.19. The van der Waals surface area contributed by atoms with Gasteiger partial charge in [0.15, 0.2) is 0 Å². The maximum absolute atomic E-state index is 3.59. The van der Waals surface area contributed by atoms with Crippen molar-refractivity contribution in [2.75, 3.05) is 5.33 Å². The predicted octanol–water partition coefficient (Wildman–Crippen LogP) is 3.91. The van der Waals surface area contributed by atoms with Crippen LogP contribution < -0.4 is 0 Å². The van der Waals surface area contributed by atoms with Gasteiger partial charge in [-0.1, -0.05) is 29.8 Å². The van der Waals surface area contributed by atoms with Crippen molar-refractivity contribution in [3.8, 4) is 0 Å². The Balaban J connectivity index is 2.33. The summed E-state index contributed by atoms with van der Waals surface area (Å²) >= 11 is 5.61. The zero-order chi connectivity index (χ0) is 9.47. The van der Waals surface area contributed by atoms with Gasteiger partial charge in [0.1, 0.15) is 0 Å². The van der Waals surface area contributed by atoms with E-state index in [4.69, 9.17) is 0 Å². The Morgan fingerprint density at radius 3 is 2.85 bits per heavy atom. The van der Waals surface area contributed by atoms with Crippen molar-refractivity contribution in [3.05, 3.63) is 21.4 Å². The minimum atomic E-state index is 0.314. The summed E-state index contributed by atoms with van der Waals surface area (Å²) in [6.45, 7) is 4.62. The second-order valence-electron chi connectivity index (χ2n) is 4.43. The molecule has 0 aromatic carbocycles. The molecular weight excluding hydrogens is 244 g/mol. The van der Waals surface area contributed by atoms with Gasteiger partial charge in [0.25, 0.3) is 0 Å². The Morgan fingerprint density at radius 1 is 1.46 bits per heavy atom. The molecular formula is C11H15BrS. The topological polar surface area (TPSA) is 0 Å². The number of hydrogen-bond donors (Lipinski definition) is 0.